The van der Waals surface area contributed by atoms with Gasteiger partial charge in [-0.1, -0.05) is 176 Å². The van der Waals surface area contributed by atoms with Gasteiger partial charge in [-0.2, -0.15) is 0 Å². The van der Waals surface area contributed by atoms with E-state index in [-0.39, 0.29) is 0 Å². The van der Waals surface area contributed by atoms with Crippen molar-refractivity contribution in [2.45, 2.75) is 0 Å². The lowest BCUT2D eigenvalue weighted by Crippen LogP contribution is -2.03. The van der Waals surface area contributed by atoms with Crippen molar-refractivity contribution >= 4 is 86.8 Å². The van der Waals surface area contributed by atoms with Crippen molar-refractivity contribution in [2.24, 2.45) is 0 Å². The average molecular weight is 873 g/mol. The third-order valence-corrected chi connectivity index (χ3v) is 14.3. The molecule has 0 saturated carbocycles. The molecular formula is C60H36N6S. The van der Waals surface area contributed by atoms with E-state index in [0.29, 0.717) is 11.9 Å². The summed E-state index contributed by atoms with van der Waals surface area (Å²) in [5, 5.41) is 7.98. The van der Waals surface area contributed by atoms with Crippen LogP contribution in [-0.4, -0.2) is 29.1 Å². The number of para-hydroxylation sites is 2. The molecule has 0 unspecified atom stereocenters. The van der Waals surface area contributed by atoms with Crippen LogP contribution in [-0.2, 0) is 0 Å². The highest BCUT2D eigenvalue weighted by Gasteiger charge is 2.23. The van der Waals surface area contributed by atoms with Crippen LogP contribution in [0.3, 0.4) is 0 Å². The number of nitrogens with zero attached hydrogens (tertiary/aromatic N) is 6. The molecule has 14 aromatic rings. The first kappa shape index (κ1) is 37.6. The van der Waals surface area contributed by atoms with Gasteiger partial charge in [0, 0.05) is 42.9 Å². The quantitative estimate of drug-likeness (QED) is 0.167. The van der Waals surface area contributed by atoms with Gasteiger partial charge in [-0.15, -0.1) is 11.3 Å². The van der Waals surface area contributed by atoms with Crippen molar-refractivity contribution in [1.82, 2.24) is 29.1 Å². The number of rotatable bonds is 6. The highest BCUT2D eigenvalue weighted by Crippen LogP contribution is 2.44. The Bertz CT molecular complexity index is 4270. The van der Waals surface area contributed by atoms with Crippen LogP contribution in [0.15, 0.2) is 218 Å². The zero-order valence-electron chi connectivity index (χ0n) is 35.9. The van der Waals surface area contributed by atoms with Crippen molar-refractivity contribution in [3.8, 4) is 56.0 Å². The first-order valence-corrected chi connectivity index (χ1v) is 23.3. The highest BCUT2D eigenvalue weighted by molar-refractivity contribution is 7.22. The molecule has 9 aromatic carbocycles. The van der Waals surface area contributed by atoms with E-state index in [1.54, 1.807) is 11.3 Å². The molecule has 0 spiro atoms. The van der Waals surface area contributed by atoms with Crippen LogP contribution in [0, 0.1) is 0 Å². The first-order chi connectivity index (χ1) is 33.2. The molecule has 0 aliphatic heterocycles. The zero-order valence-corrected chi connectivity index (χ0v) is 36.7. The summed E-state index contributed by atoms with van der Waals surface area (Å²) in [6.45, 7) is 0. The fourth-order valence-corrected chi connectivity index (χ4v) is 11.3. The Balaban J connectivity index is 1.01. The van der Waals surface area contributed by atoms with Gasteiger partial charge in [-0.3, -0.25) is 9.13 Å². The maximum atomic E-state index is 5.45. The number of thiophene rings is 1. The summed E-state index contributed by atoms with van der Waals surface area (Å²) in [5.41, 5.74) is 13.4. The van der Waals surface area contributed by atoms with Gasteiger partial charge < -0.3 is 0 Å². The summed E-state index contributed by atoms with van der Waals surface area (Å²) >= 11 is 1.74. The van der Waals surface area contributed by atoms with Crippen molar-refractivity contribution in [2.75, 3.05) is 0 Å². The molecule has 0 fully saturated rings. The lowest BCUT2D eigenvalue weighted by atomic mass is 9.97. The molecule has 67 heavy (non-hydrogen) atoms. The van der Waals surface area contributed by atoms with Crippen LogP contribution in [0.2, 0.25) is 0 Å². The number of hydrogen-bond donors (Lipinski definition) is 0. The second-order valence-electron chi connectivity index (χ2n) is 17.0. The van der Waals surface area contributed by atoms with E-state index >= 15 is 0 Å². The smallest absolute Gasteiger partial charge is 0.235 e. The second-order valence-corrected chi connectivity index (χ2v) is 18.0. The molecule has 312 valence electrons. The monoisotopic (exact) mass is 872 g/mol. The minimum Gasteiger partial charge on any atom is -0.278 e. The van der Waals surface area contributed by atoms with Crippen molar-refractivity contribution in [1.29, 1.82) is 0 Å². The van der Waals surface area contributed by atoms with E-state index in [4.69, 9.17) is 19.9 Å². The second kappa shape index (κ2) is 14.9. The third kappa shape index (κ3) is 5.88. The molecule has 0 saturated heterocycles. The standard InChI is InChI=1S/C60H36N6S/c1-4-18-38(19-5-1)53-36-48-58(67-53)57(40-22-8-3-9-23-40)64-60(62-48)65-49-29-15-13-26-45(49)54-43(27-16-30-51(54)65)41-32-33-50-46(35-41)55-42-24-11-10-17-37(42)31-34-52(55)66(50)59-61-47-28-14-12-25-44(47)56(63-59)39-20-6-2-7-21-39/h1-36H. The van der Waals surface area contributed by atoms with E-state index < -0.39 is 0 Å². The maximum absolute atomic E-state index is 5.45. The fourth-order valence-electron chi connectivity index (χ4n) is 10.2. The molecule has 0 aliphatic rings. The molecule has 7 heteroatoms. The molecule has 5 heterocycles. The summed E-state index contributed by atoms with van der Waals surface area (Å²) in [5.74, 6) is 1.28. The highest BCUT2D eigenvalue weighted by atomic mass is 32.1. The number of fused-ring (bicyclic) bond motifs is 10. The molecule has 0 radical (unpaired) electrons. The molecule has 14 rings (SSSR count). The van der Waals surface area contributed by atoms with Gasteiger partial charge in [-0.25, -0.2) is 19.9 Å². The Labute approximate surface area is 388 Å². The van der Waals surface area contributed by atoms with Crippen molar-refractivity contribution in [3.05, 3.63) is 218 Å². The Morgan fingerprint density at radius 2 is 0.896 bits per heavy atom. The summed E-state index contributed by atoms with van der Waals surface area (Å²) in [6.07, 6.45) is 0. The lowest BCUT2D eigenvalue weighted by Gasteiger charge is -2.12. The Morgan fingerprint density at radius 1 is 0.328 bits per heavy atom. The van der Waals surface area contributed by atoms with E-state index in [1.807, 2.05) is 12.1 Å². The van der Waals surface area contributed by atoms with E-state index in [2.05, 4.69) is 215 Å². The molecule has 0 amide bonds. The summed E-state index contributed by atoms with van der Waals surface area (Å²) < 4.78 is 5.57. The molecule has 6 nitrogen and oxygen atoms in total. The Hall–Kier alpha value is -8.78. The lowest BCUT2D eigenvalue weighted by molar-refractivity contribution is 1.01. The largest absolute Gasteiger partial charge is 0.278 e. The normalized spacial score (nSPS) is 11.9. The van der Waals surface area contributed by atoms with E-state index in [1.165, 1.54) is 21.7 Å². The van der Waals surface area contributed by atoms with Crippen LogP contribution in [0.4, 0.5) is 0 Å². The Morgan fingerprint density at radius 3 is 1.67 bits per heavy atom. The summed E-state index contributed by atoms with van der Waals surface area (Å²) in [4.78, 5) is 22.6. The maximum Gasteiger partial charge on any atom is 0.235 e. The van der Waals surface area contributed by atoms with Crippen LogP contribution < -0.4 is 0 Å². The minimum atomic E-state index is 0.638. The first-order valence-electron chi connectivity index (χ1n) is 22.5. The predicted molar refractivity (Wildman–Crippen MR) is 278 cm³/mol. The summed E-state index contributed by atoms with van der Waals surface area (Å²) in [6, 6.07) is 77.2. The SMILES string of the molecule is c1ccc(-c2cc3nc(-n4c5ccccc5c5c(-c6ccc7c(c6)c6c8ccccc8ccc6n7-c6nc(-c7ccccc7)c7ccccc7n6)cccc54)nc(-c4ccccc4)c3s2)cc1. The van der Waals surface area contributed by atoms with Gasteiger partial charge in [0.05, 0.1) is 49.2 Å². The van der Waals surface area contributed by atoms with Gasteiger partial charge in [0.1, 0.15) is 0 Å². The number of benzene rings is 9. The molecule has 5 aromatic heterocycles. The van der Waals surface area contributed by atoms with Gasteiger partial charge >= 0.3 is 0 Å². The van der Waals surface area contributed by atoms with Crippen molar-refractivity contribution in [3.63, 3.8) is 0 Å². The van der Waals surface area contributed by atoms with Gasteiger partial charge in [-0.05, 0) is 69.9 Å². The van der Waals surface area contributed by atoms with E-state index in [0.717, 1.165) is 97.9 Å². The number of aromatic nitrogens is 6. The van der Waals surface area contributed by atoms with Crippen molar-refractivity contribution < 1.29 is 0 Å². The minimum absolute atomic E-state index is 0.638. The van der Waals surface area contributed by atoms with E-state index in [9.17, 15) is 0 Å². The summed E-state index contributed by atoms with van der Waals surface area (Å²) in [7, 11) is 0. The van der Waals surface area contributed by atoms with Crippen LogP contribution in [0.25, 0.3) is 131 Å². The van der Waals surface area contributed by atoms with Gasteiger partial charge in [0.2, 0.25) is 11.9 Å². The zero-order chi connectivity index (χ0) is 44.0. The van der Waals surface area contributed by atoms with Crippen LogP contribution in [0.5, 0.6) is 0 Å². The third-order valence-electron chi connectivity index (χ3n) is 13.2. The Kier molecular flexibility index (Phi) is 8.35. The fraction of sp³-hybridized carbons (Fsp3) is 0. The average Bonchev–Trinajstić information content (AvgIpc) is 4.09. The molecule has 0 N–H and O–H groups in total. The van der Waals surface area contributed by atoms with Gasteiger partial charge in [0.15, 0.2) is 0 Å². The molecule has 0 aliphatic carbocycles. The number of hydrogen-bond acceptors (Lipinski definition) is 5. The predicted octanol–water partition coefficient (Wildman–Crippen LogP) is 15.6. The van der Waals surface area contributed by atoms with Gasteiger partial charge in [0.25, 0.3) is 0 Å². The molecule has 0 bridgehead atoms. The van der Waals surface area contributed by atoms with Crippen LogP contribution in [0.1, 0.15) is 0 Å². The topological polar surface area (TPSA) is 61.4 Å². The molecular weight excluding hydrogens is 837 g/mol. The van der Waals surface area contributed by atoms with Crippen LogP contribution >= 0.6 is 11.3 Å². The molecule has 0 atom stereocenters.